The normalized spacial score (nSPS) is 12.0. The number of ether oxygens (including phenoxy) is 2. The van der Waals surface area contributed by atoms with Crippen LogP contribution in [0.2, 0.25) is 0 Å². The van der Waals surface area contributed by atoms with Crippen molar-refractivity contribution in [1.82, 2.24) is 10.6 Å². The summed E-state index contributed by atoms with van der Waals surface area (Å²) < 4.78 is 10.7. The molecule has 0 radical (unpaired) electrons. The molecule has 2 N–H and O–H groups in total. The molecular formula is C16H27N3O2S. The van der Waals surface area contributed by atoms with Gasteiger partial charge in [0.1, 0.15) is 0 Å². The monoisotopic (exact) mass is 325 g/mol. The molecule has 0 saturated heterocycles. The van der Waals surface area contributed by atoms with E-state index in [1.54, 1.807) is 21.3 Å². The summed E-state index contributed by atoms with van der Waals surface area (Å²) in [5, 5.41) is 6.65. The smallest absolute Gasteiger partial charge is 0.191 e. The van der Waals surface area contributed by atoms with E-state index in [1.165, 1.54) is 0 Å². The van der Waals surface area contributed by atoms with Gasteiger partial charge in [0.25, 0.3) is 0 Å². The van der Waals surface area contributed by atoms with E-state index in [0.29, 0.717) is 6.54 Å². The quantitative estimate of drug-likeness (QED) is 0.596. The van der Waals surface area contributed by atoms with Gasteiger partial charge in [-0.25, -0.2) is 0 Å². The molecule has 0 fully saturated rings. The van der Waals surface area contributed by atoms with Gasteiger partial charge in [0.2, 0.25) is 0 Å². The highest BCUT2D eigenvalue weighted by molar-refractivity contribution is 7.99. The summed E-state index contributed by atoms with van der Waals surface area (Å²) in [6.07, 6.45) is 2.11. The van der Waals surface area contributed by atoms with Crippen LogP contribution in [0.4, 0.5) is 0 Å². The Balaban J connectivity index is 2.60. The van der Waals surface area contributed by atoms with Crippen LogP contribution < -0.4 is 20.1 Å². The van der Waals surface area contributed by atoms with Gasteiger partial charge in [-0.2, -0.15) is 11.8 Å². The van der Waals surface area contributed by atoms with Gasteiger partial charge < -0.3 is 20.1 Å². The van der Waals surface area contributed by atoms with E-state index in [4.69, 9.17) is 9.47 Å². The van der Waals surface area contributed by atoms with E-state index in [2.05, 4.69) is 35.7 Å². The first-order valence-electron chi connectivity index (χ1n) is 7.16. The van der Waals surface area contributed by atoms with Crippen LogP contribution in [0.5, 0.6) is 11.5 Å². The Bertz CT molecular complexity index is 504. The highest BCUT2D eigenvalue weighted by Gasteiger charge is 2.16. The summed E-state index contributed by atoms with van der Waals surface area (Å²) >= 11 is 1.83. The van der Waals surface area contributed by atoms with E-state index in [-0.39, 0.29) is 4.75 Å². The second-order valence-corrected chi connectivity index (χ2v) is 6.95. The molecule has 0 heterocycles. The zero-order valence-electron chi connectivity index (χ0n) is 14.3. The third-order valence-electron chi connectivity index (χ3n) is 3.37. The molecule has 0 spiro atoms. The predicted octanol–water partition coefficient (Wildman–Crippen LogP) is 2.51. The van der Waals surface area contributed by atoms with Gasteiger partial charge in [-0.3, -0.25) is 4.99 Å². The first kappa shape index (κ1) is 18.5. The van der Waals surface area contributed by atoms with Gasteiger partial charge in [0.05, 0.1) is 14.2 Å². The molecule has 0 saturated carbocycles. The van der Waals surface area contributed by atoms with E-state index in [0.717, 1.165) is 29.6 Å². The molecule has 0 aliphatic heterocycles. The molecule has 5 nitrogen and oxygen atoms in total. The fraction of sp³-hybridized carbons (Fsp3) is 0.562. The van der Waals surface area contributed by atoms with Gasteiger partial charge in [-0.15, -0.1) is 0 Å². The minimum Gasteiger partial charge on any atom is -0.493 e. The summed E-state index contributed by atoms with van der Waals surface area (Å²) in [6, 6.07) is 5.88. The van der Waals surface area contributed by atoms with E-state index < -0.39 is 0 Å². The van der Waals surface area contributed by atoms with Gasteiger partial charge in [0.15, 0.2) is 17.5 Å². The molecule has 0 aliphatic rings. The van der Waals surface area contributed by atoms with Gasteiger partial charge in [0, 0.05) is 24.9 Å². The number of benzene rings is 1. The summed E-state index contributed by atoms with van der Waals surface area (Å²) in [5.74, 6) is 2.25. The minimum atomic E-state index is 0.168. The molecule has 0 aromatic heterocycles. The van der Waals surface area contributed by atoms with Crippen molar-refractivity contribution in [2.45, 2.75) is 25.1 Å². The van der Waals surface area contributed by atoms with Crippen molar-refractivity contribution in [2.24, 2.45) is 4.99 Å². The van der Waals surface area contributed by atoms with E-state index >= 15 is 0 Å². The first-order chi connectivity index (χ1) is 10.5. The number of thioether (sulfide) groups is 1. The second kappa shape index (κ2) is 8.78. The maximum absolute atomic E-state index is 5.32. The second-order valence-electron chi connectivity index (χ2n) is 5.43. The Kier molecular flexibility index (Phi) is 7.38. The number of aliphatic imine (C=N–C) groups is 1. The number of hydrogen-bond acceptors (Lipinski definition) is 4. The zero-order chi connectivity index (χ0) is 16.6. The van der Waals surface area contributed by atoms with Crippen LogP contribution in [-0.4, -0.2) is 44.8 Å². The lowest BCUT2D eigenvalue weighted by molar-refractivity contribution is 0.354. The highest BCUT2D eigenvalue weighted by atomic mass is 32.2. The topological polar surface area (TPSA) is 54.9 Å². The number of guanidine groups is 1. The largest absolute Gasteiger partial charge is 0.493 e. The lowest BCUT2D eigenvalue weighted by Gasteiger charge is -2.23. The average molecular weight is 325 g/mol. The first-order valence-corrected chi connectivity index (χ1v) is 8.38. The Labute approximate surface area is 137 Å². The maximum Gasteiger partial charge on any atom is 0.191 e. The Hall–Kier alpha value is -1.56. The van der Waals surface area contributed by atoms with Gasteiger partial charge in [-0.1, -0.05) is 6.07 Å². The molecule has 0 unspecified atom stereocenters. The molecule has 124 valence electrons. The van der Waals surface area contributed by atoms with Crippen LogP contribution in [0.25, 0.3) is 0 Å². The van der Waals surface area contributed by atoms with Crippen LogP contribution in [-0.2, 0) is 6.54 Å². The standard InChI is InChI=1S/C16H27N3O2S/c1-16(2,22-6)11-19-15(17-3)18-10-12-7-8-13(20-4)14(9-12)21-5/h7-9H,10-11H2,1-6H3,(H2,17,18,19). The summed E-state index contributed by atoms with van der Waals surface area (Å²) in [5.41, 5.74) is 1.10. The van der Waals surface area contributed by atoms with Gasteiger partial charge in [-0.05, 0) is 37.8 Å². The fourth-order valence-electron chi connectivity index (χ4n) is 1.77. The highest BCUT2D eigenvalue weighted by Crippen LogP contribution is 2.27. The minimum absolute atomic E-state index is 0.168. The lowest BCUT2D eigenvalue weighted by Crippen LogP contribution is -2.42. The van der Waals surface area contributed by atoms with Crippen LogP contribution in [0.1, 0.15) is 19.4 Å². The number of nitrogens with zero attached hydrogens (tertiary/aromatic N) is 1. The molecule has 0 aliphatic carbocycles. The van der Waals surface area contributed by atoms with Gasteiger partial charge >= 0.3 is 0 Å². The van der Waals surface area contributed by atoms with E-state index in [1.807, 2.05) is 30.0 Å². The predicted molar refractivity (Wildman–Crippen MR) is 95.3 cm³/mol. The Morgan fingerprint density at radius 2 is 1.86 bits per heavy atom. The summed E-state index contributed by atoms with van der Waals surface area (Å²) in [6.45, 7) is 5.91. The fourth-order valence-corrected chi connectivity index (χ4v) is 1.98. The number of hydrogen-bond donors (Lipinski definition) is 2. The van der Waals surface area contributed by atoms with Crippen LogP contribution in [0, 0.1) is 0 Å². The van der Waals surface area contributed by atoms with Crippen molar-refractivity contribution >= 4 is 17.7 Å². The Morgan fingerprint density at radius 1 is 1.18 bits per heavy atom. The molecule has 0 atom stereocenters. The number of methoxy groups -OCH3 is 2. The molecule has 22 heavy (non-hydrogen) atoms. The third kappa shape index (κ3) is 5.67. The maximum atomic E-state index is 5.32. The van der Waals surface area contributed by atoms with Crippen molar-refractivity contribution in [2.75, 3.05) is 34.1 Å². The SMILES string of the molecule is CN=C(NCc1ccc(OC)c(OC)c1)NCC(C)(C)SC. The van der Waals surface area contributed by atoms with Crippen molar-refractivity contribution in [1.29, 1.82) is 0 Å². The molecular weight excluding hydrogens is 298 g/mol. The van der Waals surface area contributed by atoms with Crippen molar-refractivity contribution in [3.05, 3.63) is 23.8 Å². The lowest BCUT2D eigenvalue weighted by atomic mass is 10.2. The number of nitrogens with one attached hydrogen (secondary N) is 2. The summed E-state index contributed by atoms with van der Waals surface area (Å²) in [7, 11) is 5.05. The van der Waals surface area contributed by atoms with Crippen LogP contribution in [0.15, 0.2) is 23.2 Å². The summed E-state index contributed by atoms with van der Waals surface area (Å²) in [4.78, 5) is 4.25. The molecule has 1 aromatic rings. The average Bonchev–Trinajstić information content (AvgIpc) is 2.54. The van der Waals surface area contributed by atoms with Crippen LogP contribution in [0.3, 0.4) is 0 Å². The van der Waals surface area contributed by atoms with Crippen molar-refractivity contribution in [3.63, 3.8) is 0 Å². The molecule has 1 rings (SSSR count). The molecule has 0 bridgehead atoms. The van der Waals surface area contributed by atoms with E-state index in [9.17, 15) is 0 Å². The third-order valence-corrected chi connectivity index (χ3v) is 4.62. The van der Waals surface area contributed by atoms with Crippen molar-refractivity contribution in [3.8, 4) is 11.5 Å². The molecule has 6 heteroatoms. The van der Waals surface area contributed by atoms with Crippen LogP contribution >= 0.6 is 11.8 Å². The molecule has 1 aromatic carbocycles. The van der Waals surface area contributed by atoms with Crippen molar-refractivity contribution < 1.29 is 9.47 Å². The Morgan fingerprint density at radius 3 is 2.41 bits per heavy atom. The zero-order valence-corrected chi connectivity index (χ0v) is 15.1. The number of rotatable bonds is 7. The molecule has 0 amide bonds.